The topological polar surface area (TPSA) is 62.1 Å². The second-order valence-corrected chi connectivity index (χ2v) is 4.00. The maximum Gasteiger partial charge on any atom is 0.305 e. The van der Waals surface area contributed by atoms with Gasteiger partial charge in [0, 0.05) is 18.5 Å². The summed E-state index contributed by atoms with van der Waals surface area (Å²) in [7, 11) is 0. The number of carbonyl (C=O) groups is 1. The van der Waals surface area contributed by atoms with Crippen LogP contribution in [0.1, 0.15) is 30.9 Å². The van der Waals surface area contributed by atoms with Crippen LogP contribution >= 0.6 is 0 Å². The second kappa shape index (κ2) is 8.22. The van der Waals surface area contributed by atoms with Crippen LogP contribution in [0.2, 0.25) is 0 Å². The lowest BCUT2D eigenvalue weighted by Gasteiger charge is -2.06. The molecule has 19 heavy (non-hydrogen) atoms. The number of carbonyl (C=O) groups excluding carboxylic acids is 1. The number of esters is 1. The Morgan fingerprint density at radius 2 is 2.32 bits per heavy atom. The third kappa shape index (κ3) is 5.49. The zero-order valence-electron chi connectivity index (χ0n) is 10.9. The number of nitrogens with zero attached hydrogens (tertiary/aromatic N) is 1. The van der Waals surface area contributed by atoms with E-state index >= 15 is 0 Å². The number of hydrogen-bond acceptors (Lipinski definition) is 4. The highest BCUT2D eigenvalue weighted by molar-refractivity contribution is 5.69. The second-order valence-electron chi connectivity index (χ2n) is 4.00. The lowest BCUT2D eigenvalue weighted by molar-refractivity contribution is -0.143. The first-order valence-corrected chi connectivity index (χ1v) is 6.22. The molecule has 4 nitrogen and oxygen atoms in total. The molecule has 0 saturated heterocycles. The van der Waals surface area contributed by atoms with E-state index in [0.717, 1.165) is 0 Å². The zero-order chi connectivity index (χ0) is 14.1. The third-order valence-electron chi connectivity index (χ3n) is 2.54. The minimum Gasteiger partial charge on any atom is -0.466 e. The number of hydrogen-bond donors (Lipinski definition) is 1. The van der Waals surface area contributed by atoms with Gasteiger partial charge in [-0.25, -0.2) is 4.39 Å². The standard InChI is InChI=1S/C14H17FN2O2/c1-2-19-14(18)4-3-7-17-10-12-6-5-11(9-16)8-13(12)15/h5-6,8,17H,2-4,7,10H2,1H3. The molecule has 0 unspecified atom stereocenters. The Balaban J connectivity index is 2.26. The van der Waals surface area contributed by atoms with Crippen molar-refractivity contribution in [3.8, 4) is 6.07 Å². The largest absolute Gasteiger partial charge is 0.466 e. The number of rotatable bonds is 7. The Morgan fingerprint density at radius 3 is 2.95 bits per heavy atom. The first-order chi connectivity index (χ1) is 9.17. The maximum atomic E-state index is 13.5. The van der Waals surface area contributed by atoms with E-state index in [2.05, 4.69) is 5.32 Å². The Hall–Kier alpha value is -1.93. The molecule has 0 aliphatic rings. The fourth-order valence-electron chi connectivity index (χ4n) is 1.57. The monoisotopic (exact) mass is 264 g/mol. The van der Waals surface area contributed by atoms with Gasteiger partial charge in [-0.15, -0.1) is 0 Å². The van der Waals surface area contributed by atoms with Crippen molar-refractivity contribution in [2.45, 2.75) is 26.3 Å². The normalized spacial score (nSPS) is 9.95. The van der Waals surface area contributed by atoms with Gasteiger partial charge in [-0.3, -0.25) is 4.79 Å². The summed E-state index contributed by atoms with van der Waals surface area (Å²) in [4.78, 5) is 11.1. The first kappa shape index (κ1) is 15.1. The van der Waals surface area contributed by atoms with Crippen LogP contribution in [0.25, 0.3) is 0 Å². The van der Waals surface area contributed by atoms with Gasteiger partial charge in [0.2, 0.25) is 0 Å². The molecular weight excluding hydrogens is 247 g/mol. The Morgan fingerprint density at radius 1 is 1.53 bits per heavy atom. The molecule has 0 atom stereocenters. The molecule has 0 fully saturated rings. The third-order valence-corrected chi connectivity index (χ3v) is 2.54. The van der Waals surface area contributed by atoms with Crippen LogP contribution in [0, 0.1) is 17.1 Å². The summed E-state index contributed by atoms with van der Waals surface area (Å²) >= 11 is 0. The van der Waals surface area contributed by atoms with Crippen LogP contribution in [0.4, 0.5) is 4.39 Å². The lowest BCUT2D eigenvalue weighted by Crippen LogP contribution is -2.17. The Bertz CT molecular complexity index is 469. The highest BCUT2D eigenvalue weighted by Gasteiger charge is 2.04. The van der Waals surface area contributed by atoms with E-state index in [1.165, 1.54) is 6.07 Å². The van der Waals surface area contributed by atoms with Gasteiger partial charge in [0.05, 0.1) is 18.2 Å². The summed E-state index contributed by atoms with van der Waals surface area (Å²) in [6.07, 6.45) is 1.01. The van der Waals surface area contributed by atoms with Crippen LogP contribution in [0.5, 0.6) is 0 Å². The van der Waals surface area contributed by atoms with E-state index in [-0.39, 0.29) is 5.97 Å². The Labute approximate surface area is 112 Å². The molecule has 0 bridgehead atoms. The number of halogens is 1. The van der Waals surface area contributed by atoms with Crippen molar-refractivity contribution in [1.29, 1.82) is 5.26 Å². The first-order valence-electron chi connectivity index (χ1n) is 6.22. The van der Waals surface area contributed by atoms with Crippen molar-refractivity contribution in [3.63, 3.8) is 0 Å². The molecule has 0 heterocycles. The van der Waals surface area contributed by atoms with Crippen molar-refractivity contribution in [2.24, 2.45) is 0 Å². The van der Waals surface area contributed by atoms with Crippen LogP contribution in [-0.4, -0.2) is 19.1 Å². The van der Waals surface area contributed by atoms with Crippen LogP contribution < -0.4 is 5.32 Å². The van der Waals surface area contributed by atoms with Crippen molar-refractivity contribution in [2.75, 3.05) is 13.2 Å². The maximum absolute atomic E-state index is 13.5. The minimum absolute atomic E-state index is 0.214. The summed E-state index contributed by atoms with van der Waals surface area (Å²) in [5, 5.41) is 11.7. The van der Waals surface area contributed by atoms with Crippen molar-refractivity contribution >= 4 is 5.97 Å². The summed E-state index contributed by atoms with van der Waals surface area (Å²) in [6.45, 7) is 3.14. The van der Waals surface area contributed by atoms with E-state index in [1.807, 2.05) is 6.07 Å². The van der Waals surface area contributed by atoms with Crippen LogP contribution in [0.15, 0.2) is 18.2 Å². The van der Waals surface area contributed by atoms with Gasteiger partial charge in [0.25, 0.3) is 0 Å². The summed E-state index contributed by atoms with van der Waals surface area (Å²) < 4.78 is 18.3. The highest BCUT2D eigenvalue weighted by atomic mass is 19.1. The average Bonchev–Trinajstić information content (AvgIpc) is 2.40. The average molecular weight is 264 g/mol. The number of ether oxygens (including phenoxy) is 1. The van der Waals surface area contributed by atoms with E-state index < -0.39 is 5.82 Å². The van der Waals surface area contributed by atoms with Gasteiger partial charge in [0.1, 0.15) is 5.82 Å². The summed E-state index contributed by atoms with van der Waals surface area (Å²) in [5.41, 5.74) is 0.818. The van der Waals surface area contributed by atoms with Crippen molar-refractivity contribution in [3.05, 3.63) is 35.1 Å². The van der Waals surface area contributed by atoms with Gasteiger partial charge >= 0.3 is 5.97 Å². The van der Waals surface area contributed by atoms with E-state index in [4.69, 9.17) is 10.00 Å². The van der Waals surface area contributed by atoms with Gasteiger partial charge < -0.3 is 10.1 Å². The minimum atomic E-state index is -0.392. The fourth-order valence-corrected chi connectivity index (χ4v) is 1.57. The van der Waals surface area contributed by atoms with Crippen molar-refractivity contribution < 1.29 is 13.9 Å². The van der Waals surface area contributed by atoms with Gasteiger partial charge in [0.15, 0.2) is 0 Å². The van der Waals surface area contributed by atoms with Crippen LogP contribution in [-0.2, 0) is 16.1 Å². The molecule has 0 saturated carbocycles. The Kier molecular flexibility index (Phi) is 6.55. The van der Waals surface area contributed by atoms with Gasteiger partial charge in [-0.1, -0.05) is 6.07 Å². The molecule has 1 N–H and O–H groups in total. The smallest absolute Gasteiger partial charge is 0.305 e. The zero-order valence-corrected chi connectivity index (χ0v) is 10.9. The molecule has 0 amide bonds. The fraction of sp³-hybridized carbons (Fsp3) is 0.429. The highest BCUT2D eigenvalue weighted by Crippen LogP contribution is 2.09. The molecule has 0 aliphatic heterocycles. The van der Waals surface area contributed by atoms with Crippen LogP contribution in [0.3, 0.4) is 0 Å². The molecule has 1 aromatic carbocycles. The molecule has 1 aromatic rings. The predicted octanol–water partition coefficient (Wildman–Crippen LogP) is 2.13. The van der Waals surface area contributed by atoms with E-state index in [9.17, 15) is 9.18 Å². The molecule has 5 heteroatoms. The molecule has 102 valence electrons. The predicted molar refractivity (Wildman–Crippen MR) is 68.7 cm³/mol. The lowest BCUT2D eigenvalue weighted by atomic mass is 10.1. The SMILES string of the molecule is CCOC(=O)CCCNCc1ccc(C#N)cc1F. The summed E-state index contributed by atoms with van der Waals surface area (Å²) in [6, 6.07) is 6.27. The van der Waals surface area contributed by atoms with Gasteiger partial charge in [-0.2, -0.15) is 5.26 Å². The molecule has 0 radical (unpaired) electrons. The number of nitrogens with one attached hydrogen (secondary N) is 1. The quantitative estimate of drug-likeness (QED) is 0.605. The van der Waals surface area contributed by atoms with E-state index in [0.29, 0.717) is 43.7 Å². The summed E-state index contributed by atoms with van der Waals surface area (Å²) in [5.74, 6) is -0.606. The number of nitriles is 1. The number of benzene rings is 1. The van der Waals surface area contributed by atoms with Gasteiger partial charge in [-0.05, 0) is 32.0 Å². The molecule has 0 spiro atoms. The molecule has 0 aromatic heterocycles. The molecule has 1 rings (SSSR count). The molecule has 0 aliphatic carbocycles. The van der Waals surface area contributed by atoms with Crippen molar-refractivity contribution in [1.82, 2.24) is 5.32 Å². The molecular formula is C14H17FN2O2. The van der Waals surface area contributed by atoms with E-state index in [1.54, 1.807) is 19.1 Å².